The number of carbonyl (C=O) groups is 2. The predicted octanol–water partition coefficient (Wildman–Crippen LogP) is 0.981. The molecule has 2 N–H and O–H groups in total. The normalized spacial score (nSPS) is 34.0. The minimum absolute atomic E-state index is 0.0550. The molecular formula is C15H25NO6. The van der Waals surface area contributed by atoms with Gasteiger partial charge in [0.25, 0.3) is 0 Å². The quantitative estimate of drug-likeness (QED) is 0.710. The number of hydrogen-bond donors (Lipinski definition) is 2. The van der Waals surface area contributed by atoms with E-state index in [1.54, 1.807) is 6.92 Å². The van der Waals surface area contributed by atoms with Crippen LogP contribution in [0.3, 0.4) is 0 Å². The minimum Gasteiger partial charge on any atom is -0.466 e. The maximum atomic E-state index is 12.1. The number of ether oxygens (including phenoxy) is 3. The number of hydrogen-bond acceptors (Lipinski definition) is 6. The largest absolute Gasteiger partial charge is 0.466 e. The van der Waals surface area contributed by atoms with Crippen LogP contribution in [-0.2, 0) is 19.0 Å². The molecule has 22 heavy (non-hydrogen) atoms. The van der Waals surface area contributed by atoms with Crippen molar-refractivity contribution in [1.82, 2.24) is 5.32 Å². The SMILES string of the molecule is CCOC(=O)[C@@H]1C[C@@H]2NC(=O)O[C@@H]2[C@H](OC(CC)CC)[C@@H]1O. The van der Waals surface area contributed by atoms with Gasteiger partial charge in [-0.2, -0.15) is 0 Å². The number of esters is 1. The van der Waals surface area contributed by atoms with Crippen molar-refractivity contribution in [3.63, 3.8) is 0 Å². The molecule has 2 rings (SSSR count). The van der Waals surface area contributed by atoms with Crippen molar-refractivity contribution in [3.8, 4) is 0 Å². The molecule has 1 amide bonds. The Balaban J connectivity index is 2.18. The predicted molar refractivity (Wildman–Crippen MR) is 77.2 cm³/mol. The lowest BCUT2D eigenvalue weighted by Gasteiger charge is -2.40. The lowest BCUT2D eigenvalue weighted by Crippen LogP contribution is -2.58. The topological polar surface area (TPSA) is 94.1 Å². The number of aliphatic hydroxyl groups is 1. The summed E-state index contributed by atoms with van der Waals surface area (Å²) in [6, 6.07) is -0.343. The zero-order chi connectivity index (χ0) is 16.3. The molecule has 2 aliphatic rings. The molecule has 0 spiro atoms. The van der Waals surface area contributed by atoms with Crippen LogP contribution in [0.25, 0.3) is 0 Å². The first kappa shape index (κ1) is 17.0. The lowest BCUT2D eigenvalue weighted by atomic mass is 9.79. The van der Waals surface area contributed by atoms with Crippen molar-refractivity contribution in [2.45, 2.75) is 70.5 Å². The van der Waals surface area contributed by atoms with Gasteiger partial charge in [-0.25, -0.2) is 4.79 Å². The van der Waals surface area contributed by atoms with Crippen LogP contribution < -0.4 is 5.32 Å². The summed E-state index contributed by atoms with van der Waals surface area (Å²) in [4.78, 5) is 23.6. The highest BCUT2D eigenvalue weighted by molar-refractivity contribution is 5.75. The van der Waals surface area contributed by atoms with Crippen LogP contribution in [0.1, 0.15) is 40.0 Å². The van der Waals surface area contributed by atoms with E-state index in [0.717, 1.165) is 12.8 Å². The Morgan fingerprint density at radius 3 is 2.68 bits per heavy atom. The van der Waals surface area contributed by atoms with E-state index in [2.05, 4.69) is 5.32 Å². The van der Waals surface area contributed by atoms with Crippen LogP contribution in [0.5, 0.6) is 0 Å². The summed E-state index contributed by atoms with van der Waals surface area (Å²) in [5.41, 5.74) is 0. The van der Waals surface area contributed by atoms with Crippen molar-refractivity contribution in [2.24, 2.45) is 5.92 Å². The molecule has 0 aromatic carbocycles. The summed E-state index contributed by atoms with van der Waals surface area (Å²) in [7, 11) is 0. The first-order chi connectivity index (χ1) is 10.5. The fourth-order valence-electron chi connectivity index (χ4n) is 3.14. The van der Waals surface area contributed by atoms with Gasteiger partial charge in [-0.1, -0.05) is 13.8 Å². The van der Waals surface area contributed by atoms with Gasteiger partial charge in [-0.3, -0.25) is 4.79 Å². The molecule has 7 heteroatoms. The molecule has 7 nitrogen and oxygen atoms in total. The van der Waals surface area contributed by atoms with Gasteiger partial charge < -0.3 is 24.6 Å². The van der Waals surface area contributed by atoms with E-state index in [1.807, 2.05) is 13.8 Å². The van der Waals surface area contributed by atoms with Gasteiger partial charge in [0, 0.05) is 0 Å². The Bertz CT molecular complexity index is 411. The molecule has 1 saturated carbocycles. The van der Waals surface area contributed by atoms with Crippen molar-refractivity contribution >= 4 is 12.1 Å². The van der Waals surface area contributed by atoms with Gasteiger partial charge in [0.1, 0.15) is 6.10 Å². The monoisotopic (exact) mass is 315 g/mol. The number of fused-ring (bicyclic) bond motifs is 1. The molecule has 2 fully saturated rings. The van der Waals surface area contributed by atoms with Crippen LogP contribution in [-0.4, -0.2) is 54.2 Å². The first-order valence-electron chi connectivity index (χ1n) is 7.99. The second-order valence-corrected chi connectivity index (χ2v) is 5.74. The van der Waals surface area contributed by atoms with Crippen molar-refractivity contribution in [3.05, 3.63) is 0 Å². The third kappa shape index (κ3) is 3.35. The number of carbonyl (C=O) groups excluding carboxylic acids is 2. The summed E-state index contributed by atoms with van der Waals surface area (Å²) in [6.07, 6.45) is -1.09. The number of aliphatic hydroxyl groups excluding tert-OH is 1. The molecule has 1 saturated heterocycles. The number of nitrogens with one attached hydrogen (secondary N) is 1. The molecular weight excluding hydrogens is 290 g/mol. The van der Waals surface area contributed by atoms with Crippen LogP contribution >= 0.6 is 0 Å². The Morgan fingerprint density at radius 2 is 2.09 bits per heavy atom. The van der Waals surface area contributed by atoms with Gasteiger partial charge >= 0.3 is 12.1 Å². The Kier molecular flexibility index (Phi) is 5.63. The van der Waals surface area contributed by atoms with E-state index in [1.165, 1.54) is 0 Å². The highest BCUT2D eigenvalue weighted by Crippen LogP contribution is 2.34. The average Bonchev–Trinajstić information content (AvgIpc) is 2.86. The number of rotatable bonds is 6. The standard InChI is InChI=1S/C15H25NO6/c1-4-8(5-2)21-13-11(17)9(14(18)20-6-3)7-10-12(13)22-15(19)16-10/h8-13,17H,4-7H2,1-3H3,(H,16,19)/t9-,10+,11-,12+,13-/m1/s1. The van der Waals surface area contributed by atoms with E-state index in [9.17, 15) is 14.7 Å². The summed E-state index contributed by atoms with van der Waals surface area (Å²) in [5, 5.41) is 13.2. The van der Waals surface area contributed by atoms with Crippen LogP contribution in [0, 0.1) is 5.92 Å². The van der Waals surface area contributed by atoms with E-state index >= 15 is 0 Å². The third-order valence-corrected chi connectivity index (χ3v) is 4.37. The average molecular weight is 315 g/mol. The Labute approximate surface area is 130 Å². The minimum atomic E-state index is -1.05. The van der Waals surface area contributed by atoms with Crippen molar-refractivity contribution < 1.29 is 28.9 Å². The maximum absolute atomic E-state index is 12.1. The number of amides is 1. The molecule has 1 heterocycles. The molecule has 0 radical (unpaired) electrons. The van der Waals surface area contributed by atoms with Crippen molar-refractivity contribution in [2.75, 3.05) is 6.61 Å². The zero-order valence-electron chi connectivity index (χ0n) is 13.3. The summed E-state index contributed by atoms with van der Waals surface area (Å²) < 4.78 is 16.2. The fraction of sp³-hybridized carbons (Fsp3) is 0.867. The van der Waals surface area contributed by atoms with E-state index in [4.69, 9.17) is 14.2 Å². The van der Waals surface area contributed by atoms with Crippen LogP contribution in [0.2, 0.25) is 0 Å². The summed E-state index contributed by atoms with van der Waals surface area (Å²) >= 11 is 0. The van der Waals surface area contributed by atoms with Gasteiger partial charge in [0.05, 0.1) is 30.8 Å². The fourth-order valence-corrected chi connectivity index (χ4v) is 3.14. The van der Waals surface area contributed by atoms with Crippen LogP contribution in [0.15, 0.2) is 0 Å². The van der Waals surface area contributed by atoms with E-state index in [0.29, 0.717) is 6.42 Å². The molecule has 0 aromatic heterocycles. The van der Waals surface area contributed by atoms with Gasteiger partial charge in [0.2, 0.25) is 0 Å². The Hall–Kier alpha value is -1.34. The molecule has 0 aromatic rings. The smallest absolute Gasteiger partial charge is 0.407 e. The van der Waals surface area contributed by atoms with Crippen LogP contribution in [0.4, 0.5) is 4.79 Å². The third-order valence-electron chi connectivity index (χ3n) is 4.37. The highest BCUT2D eigenvalue weighted by Gasteiger charge is 2.53. The highest BCUT2D eigenvalue weighted by atomic mass is 16.6. The lowest BCUT2D eigenvalue weighted by molar-refractivity contribution is -0.181. The second-order valence-electron chi connectivity index (χ2n) is 5.74. The van der Waals surface area contributed by atoms with Crippen molar-refractivity contribution in [1.29, 1.82) is 0 Å². The second kappa shape index (κ2) is 7.28. The van der Waals surface area contributed by atoms with Gasteiger partial charge in [-0.05, 0) is 26.2 Å². The number of alkyl carbamates (subject to hydrolysis) is 1. The molecule has 0 bridgehead atoms. The first-order valence-corrected chi connectivity index (χ1v) is 7.99. The maximum Gasteiger partial charge on any atom is 0.407 e. The summed E-state index contributed by atoms with van der Waals surface area (Å²) in [5.74, 6) is -1.18. The molecule has 1 aliphatic carbocycles. The van der Waals surface area contributed by atoms with E-state index < -0.39 is 36.3 Å². The van der Waals surface area contributed by atoms with E-state index in [-0.39, 0.29) is 18.8 Å². The zero-order valence-corrected chi connectivity index (χ0v) is 13.3. The molecule has 5 atom stereocenters. The Morgan fingerprint density at radius 1 is 1.41 bits per heavy atom. The summed E-state index contributed by atoms with van der Waals surface area (Å²) in [6.45, 7) is 5.94. The molecule has 0 unspecified atom stereocenters. The van der Waals surface area contributed by atoms with Gasteiger partial charge in [0.15, 0.2) is 6.10 Å². The molecule has 1 aliphatic heterocycles. The van der Waals surface area contributed by atoms with Gasteiger partial charge in [-0.15, -0.1) is 0 Å². The molecule has 126 valence electrons.